The third-order valence-corrected chi connectivity index (χ3v) is 4.39. The van der Waals surface area contributed by atoms with Gasteiger partial charge in [0.2, 0.25) is 5.89 Å². The van der Waals surface area contributed by atoms with E-state index >= 15 is 0 Å². The van der Waals surface area contributed by atoms with Gasteiger partial charge in [0.1, 0.15) is 11.6 Å². The SMILES string of the molecule is CCOC(=O)c1ccc(N2CCN(Cc3nc(C)c(C)o3)CC2)nc1. The Hall–Kier alpha value is -2.41. The summed E-state index contributed by atoms with van der Waals surface area (Å²) in [6.45, 7) is 10.4. The molecule has 7 nitrogen and oxygen atoms in total. The molecule has 0 amide bonds. The van der Waals surface area contributed by atoms with E-state index in [0.29, 0.717) is 12.2 Å². The maximum atomic E-state index is 11.7. The molecule has 0 bridgehead atoms. The number of hydrogen-bond acceptors (Lipinski definition) is 7. The van der Waals surface area contributed by atoms with Crippen molar-refractivity contribution < 1.29 is 13.9 Å². The zero-order chi connectivity index (χ0) is 17.8. The van der Waals surface area contributed by atoms with E-state index in [2.05, 4.69) is 19.8 Å². The molecule has 2 aromatic heterocycles. The van der Waals surface area contributed by atoms with Gasteiger partial charge in [-0.1, -0.05) is 0 Å². The van der Waals surface area contributed by atoms with Crippen LogP contribution in [0.1, 0.15) is 34.6 Å². The van der Waals surface area contributed by atoms with E-state index in [1.165, 1.54) is 0 Å². The normalized spacial score (nSPS) is 15.4. The largest absolute Gasteiger partial charge is 0.462 e. The van der Waals surface area contributed by atoms with E-state index in [-0.39, 0.29) is 5.97 Å². The van der Waals surface area contributed by atoms with Gasteiger partial charge >= 0.3 is 5.97 Å². The summed E-state index contributed by atoms with van der Waals surface area (Å²) in [4.78, 5) is 25.1. The smallest absolute Gasteiger partial charge is 0.339 e. The fourth-order valence-corrected chi connectivity index (χ4v) is 2.84. The Kier molecular flexibility index (Phi) is 5.33. The molecule has 0 saturated carbocycles. The average molecular weight is 344 g/mol. The Labute approximate surface area is 147 Å². The van der Waals surface area contributed by atoms with E-state index in [1.807, 2.05) is 19.9 Å². The maximum Gasteiger partial charge on any atom is 0.339 e. The van der Waals surface area contributed by atoms with Crippen molar-refractivity contribution in [2.75, 3.05) is 37.7 Å². The Morgan fingerprint density at radius 3 is 2.56 bits per heavy atom. The molecular weight excluding hydrogens is 320 g/mol. The number of pyridine rings is 1. The average Bonchev–Trinajstić information content (AvgIpc) is 2.93. The molecule has 1 aliphatic rings. The minimum absolute atomic E-state index is 0.331. The molecule has 0 spiro atoms. The van der Waals surface area contributed by atoms with E-state index in [0.717, 1.165) is 55.9 Å². The number of ether oxygens (including phenoxy) is 1. The number of rotatable bonds is 5. The number of oxazole rings is 1. The van der Waals surface area contributed by atoms with Crippen LogP contribution in [0, 0.1) is 13.8 Å². The molecule has 2 aromatic rings. The topological polar surface area (TPSA) is 71.7 Å². The van der Waals surface area contributed by atoms with Crippen LogP contribution in [-0.2, 0) is 11.3 Å². The first kappa shape index (κ1) is 17.4. The number of hydrogen-bond donors (Lipinski definition) is 0. The van der Waals surface area contributed by atoms with Gasteiger partial charge in [-0.05, 0) is 32.9 Å². The van der Waals surface area contributed by atoms with Crippen molar-refractivity contribution in [3.05, 3.63) is 41.2 Å². The highest BCUT2D eigenvalue weighted by molar-refractivity contribution is 5.89. The Bertz CT molecular complexity index is 699. The molecule has 0 N–H and O–H groups in total. The van der Waals surface area contributed by atoms with Crippen LogP contribution >= 0.6 is 0 Å². The second-order valence-corrected chi connectivity index (χ2v) is 6.14. The van der Waals surface area contributed by atoms with Gasteiger partial charge in [0.25, 0.3) is 0 Å². The lowest BCUT2D eigenvalue weighted by Gasteiger charge is -2.34. The van der Waals surface area contributed by atoms with Gasteiger partial charge in [0.05, 0.1) is 24.4 Å². The first-order valence-electron chi connectivity index (χ1n) is 8.60. The summed E-state index contributed by atoms with van der Waals surface area (Å²) >= 11 is 0. The molecule has 0 radical (unpaired) electrons. The van der Waals surface area contributed by atoms with Crippen LogP contribution in [0.25, 0.3) is 0 Å². The quantitative estimate of drug-likeness (QED) is 0.770. The maximum absolute atomic E-state index is 11.7. The predicted molar refractivity (Wildman–Crippen MR) is 93.7 cm³/mol. The summed E-state index contributed by atoms with van der Waals surface area (Å²) in [5.74, 6) is 2.22. The van der Waals surface area contributed by atoms with Crippen molar-refractivity contribution in [2.24, 2.45) is 0 Å². The Morgan fingerprint density at radius 1 is 1.24 bits per heavy atom. The van der Waals surface area contributed by atoms with E-state index < -0.39 is 0 Å². The van der Waals surface area contributed by atoms with Crippen molar-refractivity contribution in [3.8, 4) is 0 Å². The van der Waals surface area contributed by atoms with E-state index in [1.54, 1.807) is 19.2 Å². The summed E-state index contributed by atoms with van der Waals surface area (Å²) in [5.41, 5.74) is 1.44. The predicted octanol–water partition coefficient (Wildman–Crippen LogP) is 2.19. The summed E-state index contributed by atoms with van der Waals surface area (Å²) in [6, 6.07) is 3.65. The van der Waals surface area contributed by atoms with Crippen LogP contribution in [0.5, 0.6) is 0 Å². The third-order valence-electron chi connectivity index (χ3n) is 4.39. The number of esters is 1. The summed E-state index contributed by atoms with van der Waals surface area (Å²) in [7, 11) is 0. The van der Waals surface area contributed by atoms with Gasteiger partial charge in [0, 0.05) is 32.4 Å². The van der Waals surface area contributed by atoms with Crippen molar-refractivity contribution in [1.82, 2.24) is 14.9 Å². The van der Waals surface area contributed by atoms with E-state index in [9.17, 15) is 4.79 Å². The zero-order valence-electron chi connectivity index (χ0n) is 15.0. The van der Waals surface area contributed by atoms with Crippen molar-refractivity contribution in [3.63, 3.8) is 0 Å². The first-order chi connectivity index (χ1) is 12.1. The monoisotopic (exact) mass is 344 g/mol. The van der Waals surface area contributed by atoms with Gasteiger partial charge in [-0.25, -0.2) is 14.8 Å². The summed E-state index contributed by atoms with van der Waals surface area (Å²) < 4.78 is 10.6. The minimum atomic E-state index is -0.331. The molecule has 0 aromatic carbocycles. The molecule has 3 rings (SSSR count). The molecule has 1 aliphatic heterocycles. The van der Waals surface area contributed by atoms with Gasteiger partial charge in [-0.2, -0.15) is 0 Å². The number of carbonyl (C=O) groups is 1. The van der Waals surface area contributed by atoms with E-state index in [4.69, 9.17) is 9.15 Å². The third kappa shape index (κ3) is 4.17. The van der Waals surface area contributed by atoms with Gasteiger partial charge in [-0.15, -0.1) is 0 Å². The van der Waals surface area contributed by atoms with Crippen LogP contribution in [0.4, 0.5) is 5.82 Å². The Balaban J connectivity index is 1.54. The van der Waals surface area contributed by atoms with Crippen molar-refractivity contribution in [1.29, 1.82) is 0 Å². The lowest BCUT2D eigenvalue weighted by atomic mass is 10.2. The fourth-order valence-electron chi connectivity index (χ4n) is 2.84. The lowest BCUT2D eigenvalue weighted by Crippen LogP contribution is -2.46. The molecule has 134 valence electrons. The molecule has 7 heteroatoms. The highest BCUT2D eigenvalue weighted by atomic mass is 16.5. The summed E-state index contributed by atoms with van der Waals surface area (Å²) in [5, 5.41) is 0. The second kappa shape index (κ2) is 7.65. The van der Waals surface area contributed by atoms with Crippen LogP contribution in [0.2, 0.25) is 0 Å². The fraction of sp³-hybridized carbons (Fsp3) is 0.500. The molecule has 3 heterocycles. The standard InChI is InChI=1S/C18H24N4O3/c1-4-24-18(23)15-5-6-16(19-11-15)22-9-7-21(8-10-22)12-17-20-13(2)14(3)25-17/h5-6,11H,4,7-10,12H2,1-3H3. The zero-order valence-corrected chi connectivity index (χ0v) is 15.0. The number of nitrogens with zero attached hydrogens (tertiary/aromatic N) is 4. The van der Waals surface area contributed by atoms with Crippen molar-refractivity contribution >= 4 is 11.8 Å². The van der Waals surface area contributed by atoms with Crippen molar-refractivity contribution in [2.45, 2.75) is 27.3 Å². The van der Waals surface area contributed by atoms with Gasteiger partial charge < -0.3 is 14.1 Å². The van der Waals surface area contributed by atoms with Crippen LogP contribution in [0.3, 0.4) is 0 Å². The molecule has 1 saturated heterocycles. The minimum Gasteiger partial charge on any atom is -0.462 e. The number of carbonyl (C=O) groups excluding carboxylic acids is 1. The molecule has 0 atom stereocenters. The molecule has 0 aliphatic carbocycles. The Morgan fingerprint density at radius 2 is 2.00 bits per heavy atom. The van der Waals surface area contributed by atoms with Crippen LogP contribution < -0.4 is 4.90 Å². The van der Waals surface area contributed by atoms with Crippen LogP contribution in [-0.4, -0.2) is 53.6 Å². The number of piperazine rings is 1. The molecule has 1 fully saturated rings. The summed E-state index contributed by atoms with van der Waals surface area (Å²) in [6.07, 6.45) is 1.58. The van der Waals surface area contributed by atoms with Crippen LogP contribution in [0.15, 0.2) is 22.7 Å². The number of anilines is 1. The molecule has 25 heavy (non-hydrogen) atoms. The highest BCUT2D eigenvalue weighted by Gasteiger charge is 2.20. The first-order valence-corrected chi connectivity index (χ1v) is 8.60. The number of aromatic nitrogens is 2. The second-order valence-electron chi connectivity index (χ2n) is 6.14. The molecule has 0 unspecified atom stereocenters. The lowest BCUT2D eigenvalue weighted by molar-refractivity contribution is 0.0526. The number of aryl methyl sites for hydroxylation is 2. The highest BCUT2D eigenvalue weighted by Crippen LogP contribution is 2.17. The van der Waals surface area contributed by atoms with Gasteiger partial charge in [0.15, 0.2) is 0 Å². The van der Waals surface area contributed by atoms with Gasteiger partial charge in [-0.3, -0.25) is 4.90 Å². The molecular formula is C18H24N4O3.